The fourth-order valence-corrected chi connectivity index (χ4v) is 3.47. The minimum Gasteiger partial charge on any atom is -0.381 e. The first-order valence-electron chi connectivity index (χ1n) is 9.00. The minimum absolute atomic E-state index is 0. The molecule has 0 aromatic heterocycles. The summed E-state index contributed by atoms with van der Waals surface area (Å²) in [5.74, 6) is 1.49. The molecule has 1 aliphatic rings. The zero-order valence-electron chi connectivity index (χ0n) is 15.8. The molecule has 1 heterocycles. The van der Waals surface area contributed by atoms with Crippen LogP contribution in [-0.2, 0) is 11.3 Å². The molecule has 1 fully saturated rings. The number of ether oxygens (including phenoxy) is 1. The third-order valence-corrected chi connectivity index (χ3v) is 4.99. The van der Waals surface area contributed by atoms with Crippen molar-refractivity contribution < 1.29 is 4.74 Å². The van der Waals surface area contributed by atoms with Crippen molar-refractivity contribution in [2.45, 2.75) is 13.0 Å². The van der Waals surface area contributed by atoms with E-state index in [1.54, 1.807) is 0 Å². The molecule has 0 aliphatic carbocycles. The summed E-state index contributed by atoms with van der Waals surface area (Å²) in [7, 11) is 3.91. The third kappa shape index (κ3) is 6.09. The second-order valence-electron chi connectivity index (χ2n) is 6.67. The number of halogens is 2. The van der Waals surface area contributed by atoms with Gasteiger partial charge < -0.3 is 15.0 Å². The van der Waals surface area contributed by atoms with Crippen LogP contribution in [0.4, 0.5) is 0 Å². The number of hydrogen-bond acceptors (Lipinski definition) is 2. The van der Waals surface area contributed by atoms with Gasteiger partial charge in [-0.1, -0.05) is 48.0 Å². The molecular weight excluding hydrogens is 473 g/mol. The third-order valence-electron chi connectivity index (χ3n) is 4.74. The van der Waals surface area contributed by atoms with Crippen molar-refractivity contribution in [1.29, 1.82) is 0 Å². The quantitative estimate of drug-likeness (QED) is 0.369. The molecule has 146 valence electrons. The Morgan fingerprint density at radius 3 is 2.63 bits per heavy atom. The Labute approximate surface area is 184 Å². The van der Waals surface area contributed by atoms with Crippen molar-refractivity contribution in [3.63, 3.8) is 0 Å². The summed E-state index contributed by atoms with van der Waals surface area (Å²) in [4.78, 5) is 6.62. The molecule has 0 bridgehead atoms. The lowest BCUT2D eigenvalue weighted by Gasteiger charge is -2.25. The molecule has 4 nitrogen and oxygen atoms in total. The van der Waals surface area contributed by atoms with Gasteiger partial charge in [0.2, 0.25) is 0 Å². The highest BCUT2D eigenvalue weighted by atomic mass is 127. The van der Waals surface area contributed by atoms with Crippen LogP contribution in [0.5, 0.6) is 0 Å². The average Bonchev–Trinajstić information content (AvgIpc) is 3.16. The summed E-state index contributed by atoms with van der Waals surface area (Å²) in [5.41, 5.74) is 3.60. The molecule has 1 unspecified atom stereocenters. The van der Waals surface area contributed by atoms with Gasteiger partial charge in [-0.2, -0.15) is 0 Å². The molecule has 1 N–H and O–H groups in total. The summed E-state index contributed by atoms with van der Waals surface area (Å²) < 4.78 is 5.48. The van der Waals surface area contributed by atoms with E-state index in [9.17, 15) is 0 Å². The lowest BCUT2D eigenvalue weighted by Crippen LogP contribution is -2.41. The van der Waals surface area contributed by atoms with Crippen molar-refractivity contribution in [2.75, 3.05) is 33.9 Å². The van der Waals surface area contributed by atoms with Crippen LogP contribution in [0.3, 0.4) is 0 Å². The van der Waals surface area contributed by atoms with Crippen molar-refractivity contribution in [3.8, 4) is 11.1 Å². The normalized spacial score (nSPS) is 16.7. The number of rotatable bonds is 5. The van der Waals surface area contributed by atoms with Gasteiger partial charge in [0.15, 0.2) is 5.96 Å². The van der Waals surface area contributed by atoms with E-state index in [1.807, 2.05) is 19.2 Å². The smallest absolute Gasteiger partial charge is 0.193 e. The molecule has 0 radical (unpaired) electrons. The largest absolute Gasteiger partial charge is 0.381 e. The molecule has 1 saturated heterocycles. The van der Waals surface area contributed by atoms with E-state index in [0.717, 1.165) is 43.7 Å². The first kappa shape index (κ1) is 22.0. The molecule has 27 heavy (non-hydrogen) atoms. The summed E-state index contributed by atoms with van der Waals surface area (Å²) >= 11 is 6.02. The Bertz CT molecular complexity index is 745. The molecule has 1 aliphatic heterocycles. The molecule has 6 heteroatoms. The van der Waals surface area contributed by atoms with Crippen LogP contribution in [0.25, 0.3) is 11.1 Å². The molecular formula is C21H27ClIN3O. The van der Waals surface area contributed by atoms with Crippen LogP contribution in [0, 0.1) is 5.92 Å². The Morgan fingerprint density at radius 2 is 1.96 bits per heavy atom. The van der Waals surface area contributed by atoms with Gasteiger partial charge in [0, 0.05) is 44.7 Å². The van der Waals surface area contributed by atoms with Crippen molar-refractivity contribution >= 4 is 41.5 Å². The number of hydrogen-bond donors (Lipinski definition) is 1. The molecule has 0 saturated carbocycles. The highest BCUT2D eigenvalue weighted by Crippen LogP contribution is 2.25. The van der Waals surface area contributed by atoms with Crippen LogP contribution >= 0.6 is 35.6 Å². The Morgan fingerprint density at radius 1 is 1.22 bits per heavy atom. The predicted molar refractivity (Wildman–Crippen MR) is 124 cm³/mol. The maximum Gasteiger partial charge on any atom is 0.193 e. The van der Waals surface area contributed by atoms with E-state index >= 15 is 0 Å². The van der Waals surface area contributed by atoms with Crippen molar-refractivity contribution in [1.82, 2.24) is 10.2 Å². The topological polar surface area (TPSA) is 36.9 Å². The Hall–Kier alpha value is -1.31. The molecule has 2 aromatic carbocycles. The average molecular weight is 500 g/mol. The van der Waals surface area contributed by atoms with Gasteiger partial charge in [0.25, 0.3) is 0 Å². The standard InChI is InChI=1S/C21H26ClN3O.HI/c1-23-21(25(2)14-16-11-12-26-15-16)24-13-18-5-3-4-6-20(18)17-7-9-19(22)10-8-17;/h3-10,16H,11-15H2,1-2H3,(H,23,24);1H. The van der Waals surface area contributed by atoms with Gasteiger partial charge in [0.1, 0.15) is 0 Å². The van der Waals surface area contributed by atoms with E-state index in [-0.39, 0.29) is 24.0 Å². The van der Waals surface area contributed by atoms with E-state index in [2.05, 4.69) is 58.7 Å². The number of guanidine groups is 1. The Balaban J connectivity index is 0.00000261. The van der Waals surface area contributed by atoms with Crippen molar-refractivity contribution in [3.05, 3.63) is 59.1 Å². The van der Waals surface area contributed by atoms with Crippen LogP contribution in [0.1, 0.15) is 12.0 Å². The van der Waals surface area contributed by atoms with Gasteiger partial charge in [-0.15, -0.1) is 24.0 Å². The Kier molecular flexibility index (Phi) is 8.86. The van der Waals surface area contributed by atoms with Crippen molar-refractivity contribution in [2.24, 2.45) is 10.9 Å². The maximum absolute atomic E-state index is 6.02. The number of aliphatic imine (C=N–C) groups is 1. The second-order valence-corrected chi connectivity index (χ2v) is 7.11. The van der Waals surface area contributed by atoms with Gasteiger partial charge in [-0.3, -0.25) is 4.99 Å². The lowest BCUT2D eigenvalue weighted by molar-refractivity contribution is 0.181. The summed E-state index contributed by atoms with van der Waals surface area (Å²) in [6.45, 7) is 3.40. The van der Waals surface area contributed by atoms with E-state index in [0.29, 0.717) is 5.92 Å². The highest BCUT2D eigenvalue weighted by molar-refractivity contribution is 14.0. The van der Waals surface area contributed by atoms with Crippen LogP contribution in [0.2, 0.25) is 5.02 Å². The lowest BCUT2D eigenvalue weighted by atomic mass is 10.00. The number of benzene rings is 2. The van der Waals surface area contributed by atoms with Crippen LogP contribution in [-0.4, -0.2) is 44.7 Å². The van der Waals surface area contributed by atoms with Gasteiger partial charge in [-0.25, -0.2) is 0 Å². The molecule has 1 atom stereocenters. The SMILES string of the molecule is CN=C(NCc1ccccc1-c1ccc(Cl)cc1)N(C)CC1CCOC1.I. The molecule has 0 spiro atoms. The van der Waals surface area contributed by atoms with E-state index in [4.69, 9.17) is 16.3 Å². The number of nitrogens with zero attached hydrogens (tertiary/aromatic N) is 2. The minimum atomic E-state index is 0. The predicted octanol–water partition coefficient (Wildman–Crippen LogP) is 4.67. The fourth-order valence-electron chi connectivity index (χ4n) is 3.35. The monoisotopic (exact) mass is 499 g/mol. The summed E-state index contributed by atoms with van der Waals surface area (Å²) in [6.07, 6.45) is 1.13. The van der Waals surface area contributed by atoms with Gasteiger partial charge >= 0.3 is 0 Å². The fraction of sp³-hybridized carbons (Fsp3) is 0.381. The molecule has 2 aromatic rings. The zero-order valence-corrected chi connectivity index (χ0v) is 18.9. The zero-order chi connectivity index (χ0) is 18.4. The molecule has 0 amide bonds. The first-order chi connectivity index (χ1) is 12.7. The van der Waals surface area contributed by atoms with Crippen LogP contribution < -0.4 is 5.32 Å². The second kappa shape index (κ2) is 10.9. The van der Waals surface area contributed by atoms with E-state index in [1.165, 1.54) is 16.7 Å². The van der Waals surface area contributed by atoms with Gasteiger partial charge in [-0.05, 0) is 35.2 Å². The highest BCUT2D eigenvalue weighted by Gasteiger charge is 2.19. The van der Waals surface area contributed by atoms with Crippen LogP contribution in [0.15, 0.2) is 53.5 Å². The van der Waals surface area contributed by atoms with E-state index < -0.39 is 0 Å². The summed E-state index contributed by atoms with van der Waals surface area (Å²) in [6, 6.07) is 16.4. The first-order valence-corrected chi connectivity index (χ1v) is 9.38. The maximum atomic E-state index is 6.02. The summed E-state index contributed by atoms with van der Waals surface area (Å²) in [5, 5.41) is 4.24. The molecule has 3 rings (SSSR count). The van der Waals surface area contributed by atoms with Gasteiger partial charge in [0.05, 0.1) is 6.61 Å². The number of nitrogens with one attached hydrogen (secondary N) is 1.